The lowest BCUT2D eigenvalue weighted by molar-refractivity contribution is -0.134. The van der Waals surface area contributed by atoms with E-state index in [2.05, 4.69) is 17.0 Å². The fraction of sp³-hybridized carbons (Fsp3) is 0.692. The number of amides is 1. The topological polar surface area (TPSA) is 67.4 Å². The lowest BCUT2D eigenvalue weighted by Gasteiger charge is -2.36. The van der Waals surface area contributed by atoms with E-state index in [1.165, 1.54) is 0 Å². The number of aromatic nitrogens is 2. The summed E-state index contributed by atoms with van der Waals surface area (Å²) in [5, 5.41) is 4.06. The molecule has 2 atom stereocenters. The molecule has 19 heavy (non-hydrogen) atoms. The Morgan fingerprint density at radius 2 is 2.32 bits per heavy atom. The first-order chi connectivity index (χ1) is 8.99. The van der Waals surface area contributed by atoms with E-state index in [-0.39, 0.29) is 11.9 Å². The second-order valence-electron chi connectivity index (χ2n) is 5.43. The normalized spacial score (nSPS) is 22.2. The van der Waals surface area contributed by atoms with Crippen molar-refractivity contribution in [1.29, 1.82) is 0 Å². The fourth-order valence-electron chi connectivity index (χ4n) is 2.60. The first-order valence-corrected chi connectivity index (χ1v) is 6.68. The van der Waals surface area contributed by atoms with Crippen LogP contribution in [-0.2, 0) is 11.8 Å². The fourth-order valence-corrected chi connectivity index (χ4v) is 2.60. The number of piperidine rings is 1. The first-order valence-electron chi connectivity index (χ1n) is 6.68. The maximum atomic E-state index is 12.4. The Morgan fingerprint density at radius 3 is 2.89 bits per heavy atom. The Balaban J connectivity index is 2.02. The maximum Gasteiger partial charge on any atom is 0.244 e. The molecule has 0 aromatic carbocycles. The zero-order valence-corrected chi connectivity index (χ0v) is 11.9. The molecule has 0 saturated carbocycles. The molecule has 1 fully saturated rings. The minimum atomic E-state index is -0.620. The van der Waals surface area contributed by atoms with E-state index >= 15 is 0 Å². The molecule has 106 valence electrons. The standard InChI is InChI=1S/C13H23N5O/c1-16-6-4-5-11(9-16)18(3)13(19)12(14)10-7-15-17(2)8-10/h7-8,11-12H,4-6,9,14H2,1-3H3. The molecule has 0 radical (unpaired) electrons. The minimum absolute atomic E-state index is 0.0340. The van der Waals surface area contributed by atoms with Gasteiger partial charge in [-0.2, -0.15) is 5.10 Å². The van der Waals surface area contributed by atoms with Gasteiger partial charge in [-0.25, -0.2) is 0 Å². The van der Waals surface area contributed by atoms with E-state index in [1.807, 2.05) is 14.1 Å². The molecule has 1 amide bonds. The summed E-state index contributed by atoms with van der Waals surface area (Å²) in [7, 11) is 5.76. The SMILES string of the molecule is CN1CCCC(N(C)C(=O)C(N)c2cnn(C)c2)C1. The lowest BCUT2D eigenvalue weighted by Crippen LogP contribution is -2.49. The van der Waals surface area contributed by atoms with Gasteiger partial charge in [-0.15, -0.1) is 0 Å². The summed E-state index contributed by atoms with van der Waals surface area (Å²) in [6.45, 7) is 2.02. The van der Waals surface area contributed by atoms with Gasteiger partial charge in [0.2, 0.25) is 5.91 Å². The highest BCUT2D eigenvalue weighted by Crippen LogP contribution is 2.18. The van der Waals surface area contributed by atoms with Gasteiger partial charge in [-0.3, -0.25) is 9.48 Å². The molecule has 1 aromatic rings. The molecule has 2 heterocycles. The molecular formula is C13H23N5O. The summed E-state index contributed by atoms with van der Waals surface area (Å²) < 4.78 is 1.66. The van der Waals surface area contributed by atoms with E-state index in [0.717, 1.165) is 31.5 Å². The molecule has 6 nitrogen and oxygen atoms in total. The van der Waals surface area contributed by atoms with Crippen molar-refractivity contribution < 1.29 is 4.79 Å². The molecule has 2 N–H and O–H groups in total. The number of likely N-dealkylation sites (N-methyl/N-ethyl adjacent to an activating group) is 2. The molecule has 1 aromatic heterocycles. The second-order valence-corrected chi connectivity index (χ2v) is 5.43. The molecule has 2 rings (SSSR count). The summed E-state index contributed by atoms with van der Waals surface area (Å²) in [6, 6.07) is -0.361. The largest absolute Gasteiger partial charge is 0.340 e. The van der Waals surface area contributed by atoms with Crippen LogP contribution in [0, 0.1) is 0 Å². The number of aryl methyl sites for hydroxylation is 1. The van der Waals surface area contributed by atoms with E-state index in [4.69, 9.17) is 5.73 Å². The van der Waals surface area contributed by atoms with Gasteiger partial charge >= 0.3 is 0 Å². The van der Waals surface area contributed by atoms with Gasteiger partial charge < -0.3 is 15.5 Å². The third kappa shape index (κ3) is 3.13. The van der Waals surface area contributed by atoms with Crippen LogP contribution in [-0.4, -0.2) is 58.7 Å². The first kappa shape index (κ1) is 14.0. The Hall–Kier alpha value is -1.40. The lowest BCUT2D eigenvalue weighted by atomic mass is 10.0. The summed E-state index contributed by atoms with van der Waals surface area (Å²) in [4.78, 5) is 16.5. The van der Waals surface area contributed by atoms with Crippen LogP contribution in [0.4, 0.5) is 0 Å². The quantitative estimate of drug-likeness (QED) is 0.833. The third-order valence-corrected chi connectivity index (χ3v) is 3.84. The smallest absolute Gasteiger partial charge is 0.244 e. The zero-order valence-electron chi connectivity index (χ0n) is 11.9. The van der Waals surface area contributed by atoms with Gasteiger partial charge in [0.15, 0.2) is 0 Å². The average Bonchev–Trinajstić information content (AvgIpc) is 2.83. The van der Waals surface area contributed by atoms with Gasteiger partial charge in [0.1, 0.15) is 6.04 Å². The number of carbonyl (C=O) groups excluding carboxylic acids is 1. The van der Waals surface area contributed by atoms with Crippen molar-refractivity contribution in [3.63, 3.8) is 0 Å². The van der Waals surface area contributed by atoms with Gasteiger partial charge in [0.25, 0.3) is 0 Å². The molecule has 0 spiro atoms. The summed E-state index contributed by atoms with van der Waals surface area (Å²) in [5.41, 5.74) is 6.80. The Bertz CT molecular complexity index is 444. The van der Waals surface area contributed by atoms with Crippen LogP contribution >= 0.6 is 0 Å². The molecule has 1 aliphatic heterocycles. The molecule has 0 bridgehead atoms. The van der Waals surface area contributed by atoms with Crippen LogP contribution in [0.1, 0.15) is 24.4 Å². The second kappa shape index (κ2) is 5.71. The molecule has 1 aliphatic rings. The highest BCUT2D eigenvalue weighted by atomic mass is 16.2. The summed E-state index contributed by atoms with van der Waals surface area (Å²) in [6.07, 6.45) is 5.63. The van der Waals surface area contributed by atoms with Gasteiger partial charge in [-0.05, 0) is 26.4 Å². The number of likely N-dealkylation sites (tertiary alicyclic amines) is 1. The van der Waals surface area contributed by atoms with E-state index in [9.17, 15) is 4.79 Å². The van der Waals surface area contributed by atoms with Crippen LogP contribution in [0.15, 0.2) is 12.4 Å². The number of hydrogen-bond acceptors (Lipinski definition) is 4. The van der Waals surface area contributed by atoms with Crippen molar-refractivity contribution in [2.75, 3.05) is 27.2 Å². The van der Waals surface area contributed by atoms with Gasteiger partial charge in [0, 0.05) is 38.4 Å². The number of carbonyl (C=O) groups is 1. The molecule has 2 unspecified atom stereocenters. The van der Waals surface area contributed by atoms with Gasteiger partial charge in [-0.1, -0.05) is 0 Å². The van der Waals surface area contributed by atoms with Crippen molar-refractivity contribution >= 4 is 5.91 Å². The zero-order chi connectivity index (χ0) is 14.0. The predicted molar refractivity (Wildman–Crippen MR) is 73.4 cm³/mol. The summed E-state index contributed by atoms with van der Waals surface area (Å²) in [5.74, 6) is -0.0340. The van der Waals surface area contributed by atoms with Gasteiger partial charge in [0.05, 0.1) is 6.20 Å². The van der Waals surface area contributed by atoms with E-state index in [0.29, 0.717) is 0 Å². The van der Waals surface area contributed by atoms with Crippen molar-refractivity contribution in [1.82, 2.24) is 19.6 Å². The highest BCUT2D eigenvalue weighted by molar-refractivity contribution is 5.83. The predicted octanol–water partition coefficient (Wildman–Crippen LogP) is -0.0275. The average molecular weight is 265 g/mol. The van der Waals surface area contributed by atoms with Crippen LogP contribution in [0.5, 0.6) is 0 Å². The van der Waals surface area contributed by atoms with E-state index in [1.54, 1.807) is 22.0 Å². The van der Waals surface area contributed by atoms with Crippen molar-refractivity contribution in [2.24, 2.45) is 12.8 Å². The number of rotatable bonds is 3. The number of nitrogens with zero attached hydrogens (tertiary/aromatic N) is 4. The molecular weight excluding hydrogens is 242 g/mol. The third-order valence-electron chi connectivity index (χ3n) is 3.84. The van der Waals surface area contributed by atoms with E-state index < -0.39 is 6.04 Å². The Labute approximate surface area is 114 Å². The van der Waals surface area contributed by atoms with Crippen LogP contribution < -0.4 is 5.73 Å². The van der Waals surface area contributed by atoms with Crippen molar-refractivity contribution in [3.8, 4) is 0 Å². The number of hydrogen-bond donors (Lipinski definition) is 1. The Kier molecular flexibility index (Phi) is 4.21. The summed E-state index contributed by atoms with van der Waals surface area (Å²) >= 11 is 0. The minimum Gasteiger partial charge on any atom is -0.340 e. The molecule has 0 aliphatic carbocycles. The number of nitrogens with two attached hydrogens (primary N) is 1. The van der Waals surface area contributed by atoms with Crippen LogP contribution in [0.3, 0.4) is 0 Å². The van der Waals surface area contributed by atoms with Crippen LogP contribution in [0.2, 0.25) is 0 Å². The maximum absolute atomic E-state index is 12.4. The highest BCUT2D eigenvalue weighted by Gasteiger charge is 2.28. The molecule has 6 heteroatoms. The monoisotopic (exact) mass is 265 g/mol. The van der Waals surface area contributed by atoms with Crippen LogP contribution in [0.25, 0.3) is 0 Å². The molecule has 1 saturated heterocycles. The van der Waals surface area contributed by atoms with Crippen molar-refractivity contribution in [2.45, 2.75) is 24.9 Å². The van der Waals surface area contributed by atoms with Crippen molar-refractivity contribution in [3.05, 3.63) is 18.0 Å². The Morgan fingerprint density at radius 1 is 1.58 bits per heavy atom.